The minimum Gasteiger partial charge on any atom is -0.507 e. The summed E-state index contributed by atoms with van der Waals surface area (Å²) in [5, 5.41) is 11.4. The molecule has 2 aliphatic heterocycles. The van der Waals surface area contributed by atoms with Gasteiger partial charge in [0, 0.05) is 39.4 Å². The fourth-order valence-corrected chi connectivity index (χ4v) is 5.00. The van der Waals surface area contributed by atoms with Crippen LogP contribution in [0.2, 0.25) is 0 Å². The minimum atomic E-state index is -0.332. The molecule has 5 rings (SSSR count). The van der Waals surface area contributed by atoms with E-state index in [0.29, 0.717) is 11.1 Å². The zero-order valence-corrected chi connectivity index (χ0v) is 20.5. The Morgan fingerprint density at radius 2 is 1.77 bits per heavy atom. The summed E-state index contributed by atoms with van der Waals surface area (Å²) in [7, 11) is 0. The number of hydrogen-bond acceptors (Lipinski definition) is 7. The Morgan fingerprint density at radius 3 is 2.43 bits per heavy atom. The van der Waals surface area contributed by atoms with E-state index in [1.165, 1.54) is 16.6 Å². The molecule has 178 valence electrons. The molecule has 0 fully saturated rings. The summed E-state index contributed by atoms with van der Waals surface area (Å²) in [6, 6.07) is 13.0. The van der Waals surface area contributed by atoms with Gasteiger partial charge in [0.05, 0.1) is 11.1 Å². The monoisotopic (exact) mass is 536 g/mol. The van der Waals surface area contributed by atoms with Crippen molar-refractivity contribution in [2.45, 2.75) is 25.8 Å². The number of phenolic OH excluding ortho intramolecular Hbond substituents is 1. The number of carbonyl (C=O) groups excluding carboxylic acids is 5. The van der Waals surface area contributed by atoms with E-state index in [1.807, 2.05) is 12.3 Å². The molecule has 0 saturated heterocycles. The SMILES string of the molecule is CC1=CC(C(=O)c2ccccc2O)=CN2CCc3c([nH]c4ccc(Br)cc34)C12C.O=C=O.O=C=O. The highest BCUT2D eigenvalue weighted by Gasteiger charge is 2.43. The van der Waals surface area contributed by atoms with E-state index in [4.69, 9.17) is 19.2 Å². The molecule has 8 nitrogen and oxygen atoms in total. The number of nitrogens with one attached hydrogen (secondary N) is 1. The van der Waals surface area contributed by atoms with E-state index in [0.717, 1.165) is 28.5 Å². The van der Waals surface area contributed by atoms with Crippen LogP contribution in [0.4, 0.5) is 0 Å². The van der Waals surface area contributed by atoms with Gasteiger partial charge in [-0.3, -0.25) is 4.79 Å². The third kappa shape index (κ3) is 4.66. The second-order valence-electron chi connectivity index (χ2n) is 8.11. The zero-order chi connectivity index (χ0) is 25.8. The summed E-state index contributed by atoms with van der Waals surface area (Å²) in [6.45, 7) is 5.11. The van der Waals surface area contributed by atoms with Crippen LogP contribution in [0.25, 0.3) is 10.9 Å². The van der Waals surface area contributed by atoms with Gasteiger partial charge in [-0.1, -0.05) is 28.1 Å². The number of ketones is 1. The Kier molecular flexibility index (Phi) is 7.67. The fourth-order valence-electron chi connectivity index (χ4n) is 4.64. The summed E-state index contributed by atoms with van der Waals surface area (Å²) >= 11 is 3.59. The van der Waals surface area contributed by atoms with Crippen molar-refractivity contribution in [1.29, 1.82) is 0 Å². The number of allylic oxidation sites excluding steroid dienone is 2. The zero-order valence-electron chi connectivity index (χ0n) is 18.9. The number of fused-ring (bicyclic) bond motifs is 5. The molecular weight excluding hydrogens is 516 g/mol. The summed E-state index contributed by atoms with van der Waals surface area (Å²) < 4.78 is 1.07. The first-order valence-electron chi connectivity index (χ1n) is 10.5. The predicted molar refractivity (Wildman–Crippen MR) is 128 cm³/mol. The molecule has 1 aromatic heterocycles. The number of rotatable bonds is 2. The highest BCUT2D eigenvalue weighted by Crippen LogP contribution is 2.46. The number of para-hydroxylation sites is 1. The third-order valence-corrected chi connectivity index (χ3v) is 6.87. The lowest BCUT2D eigenvalue weighted by Crippen LogP contribution is -2.48. The van der Waals surface area contributed by atoms with Crippen LogP contribution in [0.3, 0.4) is 0 Å². The molecule has 1 unspecified atom stereocenters. The molecule has 0 saturated carbocycles. The van der Waals surface area contributed by atoms with Crippen LogP contribution in [0.5, 0.6) is 5.75 Å². The maximum atomic E-state index is 13.1. The summed E-state index contributed by atoms with van der Waals surface area (Å²) in [4.78, 5) is 51.4. The highest BCUT2D eigenvalue weighted by atomic mass is 79.9. The van der Waals surface area contributed by atoms with E-state index in [-0.39, 0.29) is 29.4 Å². The number of benzene rings is 2. The van der Waals surface area contributed by atoms with E-state index in [2.05, 4.69) is 57.9 Å². The van der Waals surface area contributed by atoms with Crippen LogP contribution in [0.1, 0.15) is 35.5 Å². The first-order chi connectivity index (χ1) is 16.7. The van der Waals surface area contributed by atoms with Crippen LogP contribution >= 0.6 is 15.9 Å². The van der Waals surface area contributed by atoms with Gasteiger partial charge in [-0.15, -0.1) is 0 Å². The van der Waals surface area contributed by atoms with Gasteiger partial charge in [-0.2, -0.15) is 19.2 Å². The Balaban J connectivity index is 0.000000520. The molecular formula is C26H21BrN2O6. The molecule has 9 heteroatoms. The van der Waals surface area contributed by atoms with Crippen LogP contribution in [0, 0.1) is 0 Å². The fraction of sp³-hybridized carbons (Fsp3) is 0.192. The highest BCUT2D eigenvalue weighted by molar-refractivity contribution is 9.10. The van der Waals surface area contributed by atoms with Gasteiger partial charge < -0.3 is 15.0 Å². The molecule has 2 N–H and O–H groups in total. The molecule has 0 spiro atoms. The molecule has 2 aromatic carbocycles. The number of carbonyl (C=O) groups is 1. The van der Waals surface area contributed by atoms with E-state index in [1.54, 1.807) is 24.3 Å². The first-order valence-corrected chi connectivity index (χ1v) is 11.3. The van der Waals surface area contributed by atoms with Gasteiger partial charge in [0.25, 0.3) is 0 Å². The van der Waals surface area contributed by atoms with Crippen molar-refractivity contribution >= 4 is 44.9 Å². The lowest BCUT2D eigenvalue weighted by Gasteiger charge is -2.47. The predicted octanol–water partition coefficient (Wildman–Crippen LogP) is 4.27. The molecule has 35 heavy (non-hydrogen) atoms. The lowest BCUT2D eigenvalue weighted by atomic mass is 9.78. The summed E-state index contributed by atoms with van der Waals surface area (Å²) in [5.41, 5.74) is 5.37. The maximum Gasteiger partial charge on any atom is 0.373 e. The molecule has 3 heterocycles. The maximum absolute atomic E-state index is 13.1. The molecule has 0 bridgehead atoms. The summed E-state index contributed by atoms with van der Waals surface area (Å²) in [5.74, 6) is -0.143. The average molecular weight is 537 g/mol. The molecule has 0 radical (unpaired) electrons. The van der Waals surface area contributed by atoms with Gasteiger partial charge in [0.2, 0.25) is 0 Å². The van der Waals surface area contributed by atoms with Gasteiger partial charge in [-0.05, 0) is 67.8 Å². The Bertz CT molecular complexity index is 1410. The topological polar surface area (TPSA) is 125 Å². The largest absolute Gasteiger partial charge is 0.507 e. The second-order valence-corrected chi connectivity index (χ2v) is 9.02. The van der Waals surface area contributed by atoms with Gasteiger partial charge in [0.1, 0.15) is 5.75 Å². The number of hydrogen-bond donors (Lipinski definition) is 2. The van der Waals surface area contributed by atoms with Crippen molar-refractivity contribution in [1.82, 2.24) is 9.88 Å². The van der Waals surface area contributed by atoms with Crippen molar-refractivity contribution in [2.75, 3.05) is 6.54 Å². The summed E-state index contributed by atoms with van der Waals surface area (Å²) in [6.07, 6.45) is 5.32. The smallest absolute Gasteiger partial charge is 0.373 e. The number of aromatic amines is 1. The van der Waals surface area contributed by atoms with Crippen molar-refractivity contribution in [2.24, 2.45) is 0 Å². The molecule has 1 atom stereocenters. The van der Waals surface area contributed by atoms with Gasteiger partial charge >= 0.3 is 12.3 Å². The van der Waals surface area contributed by atoms with Crippen LogP contribution in [-0.4, -0.2) is 39.6 Å². The number of halogens is 1. The van der Waals surface area contributed by atoms with Crippen LogP contribution in [-0.2, 0) is 31.1 Å². The number of nitrogens with zero attached hydrogens (tertiary/aromatic N) is 1. The minimum absolute atomic E-state index is 0.0138. The molecule has 2 aliphatic rings. The van der Waals surface area contributed by atoms with Gasteiger partial charge in [-0.25, -0.2) is 0 Å². The molecule has 3 aromatic rings. The van der Waals surface area contributed by atoms with Crippen molar-refractivity contribution in [3.05, 3.63) is 87.2 Å². The van der Waals surface area contributed by atoms with Crippen LogP contribution in [0.15, 0.2) is 70.4 Å². The number of aromatic nitrogens is 1. The number of phenols is 1. The first kappa shape index (κ1) is 25.6. The average Bonchev–Trinajstić information content (AvgIpc) is 3.20. The second kappa shape index (κ2) is 10.5. The number of Topliss-reactive ketones (excluding diaryl/α,β-unsaturated/α-hetero) is 1. The van der Waals surface area contributed by atoms with E-state index >= 15 is 0 Å². The molecule has 0 amide bonds. The number of aromatic hydroxyl groups is 1. The Labute approximate surface area is 209 Å². The Morgan fingerprint density at radius 1 is 1.11 bits per heavy atom. The number of H-pyrrole nitrogens is 1. The van der Waals surface area contributed by atoms with Crippen molar-refractivity contribution in [3.8, 4) is 5.75 Å². The van der Waals surface area contributed by atoms with Crippen molar-refractivity contribution in [3.63, 3.8) is 0 Å². The Hall–Kier alpha value is -4.03. The van der Waals surface area contributed by atoms with Crippen molar-refractivity contribution < 1.29 is 29.1 Å². The lowest BCUT2D eigenvalue weighted by molar-refractivity contribution is -0.193. The third-order valence-electron chi connectivity index (χ3n) is 6.38. The van der Waals surface area contributed by atoms with E-state index < -0.39 is 0 Å². The molecule has 0 aliphatic carbocycles. The normalized spacial score (nSPS) is 17.6. The van der Waals surface area contributed by atoms with E-state index in [9.17, 15) is 9.90 Å². The standard InChI is InChI=1S/C24H21BrN2O2.2CO2/c1-14-11-15(22(29)18-5-3-4-6-21(18)28)13-27-10-9-17-19-12-16(25)7-8-20(19)26-23(17)24(14,27)2;2*2-1-3/h3-8,11-13,26,28H,9-10H2,1-2H3;;. The van der Waals surface area contributed by atoms with Gasteiger partial charge in [0.15, 0.2) is 5.78 Å². The quantitative estimate of drug-likeness (QED) is 0.468. The van der Waals surface area contributed by atoms with Crippen LogP contribution < -0.4 is 0 Å².